The second-order valence-corrected chi connectivity index (χ2v) is 5.50. The van der Waals surface area contributed by atoms with E-state index in [1.807, 2.05) is 26.0 Å². The number of nitriles is 1. The summed E-state index contributed by atoms with van der Waals surface area (Å²) >= 11 is 4.74. The van der Waals surface area contributed by atoms with E-state index in [2.05, 4.69) is 21.2 Å². The molecule has 0 aliphatic carbocycles. The van der Waals surface area contributed by atoms with E-state index in [4.69, 9.17) is 5.26 Å². The minimum absolute atomic E-state index is 0.179. The van der Waals surface area contributed by atoms with Crippen LogP contribution in [0.3, 0.4) is 0 Å². The molecule has 1 rings (SSSR count). The van der Waals surface area contributed by atoms with Crippen molar-refractivity contribution in [3.05, 3.63) is 20.3 Å². The molecule has 0 aliphatic rings. The molecular formula is C10H11BrN2OS. The third-order valence-corrected chi connectivity index (χ3v) is 4.09. The first-order valence-electron chi connectivity index (χ1n) is 4.55. The predicted octanol–water partition coefficient (Wildman–Crippen LogP) is 2.85. The largest absolute Gasteiger partial charge is 0.336 e. The highest BCUT2D eigenvalue weighted by atomic mass is 79.9. The molecule has 1 aromatic heterocycles. The fraction of sp³-hybridized carbons (Fsp3) is 0.400. The van der Waals surface area contributed by atoms with E-state index in [-0.39, 0.29) is 5.91 Å². The molecule has 1 unspecified atom stereocenters. The van der Waals surface area contributed by atoms with Crippen LogP contribution in [-0.2, 0) is 0 Å². The van der Waals surface area contributed by atoms with Crippen molar-refractivity contribution in [2.75, 3.05) is 0 Å². The molecule has 15 heavy (non-hydrogen) atoms. The summed E-state index contributed by atoms with van der Waals surface area (Å²) in [6.45, 7) is 3.79. The van der Waals surface area contributed by atoms with Gasteiger partial charge in [0.1, 0.15) is 6.04 Å². The van der Waals surface area contributed by atoms with Crippen LogP contribution in [0.15, 0.2) is 9.85 Å². The van der Waals surface area contributed by atoms with E-state index in [9.17, 15) is 4.79 Å². The minimum atomic E-state index is -0.404. The molecule has 1 atom stereocenters. The molecule has 0 saturated carbocycles. The van der Waals surface area contributed by atoms with Crippen molar-refractivity contribution in [1.82, 2.24) is 5.32 Å². The van der Waals surface area contributed by atoms with Gasteiger partial charge in [0.15, 0.2) is 0 Å². The van der Waals surface area contributed by atoms with Gasteiger partial charge in [0.2, 0.25) is 0 Å². The van der Waals surface area contributed by atoms with E-state index in [1.54, 1.807) is 0 Å². The molecule has 1 amide bonds. The van der Waals surface area contributed by atoms with Crippen molar-refractivity contribution in [1.29, 1.82) is 5.26 Å². The van der Waals surface area contributed by atoms with Gasteiger partial charge >= 0.3 is 0 Å². The molecule has 5 heteroatoms. The molecule has 0 aliphatic heterocycles. The maximum absolute atomic E-state index is 11.7. The monoisotopic (exact) mass is 286 g/mol. The Bertz CT molecular complexity index is 389. The van der Waals surface area contributed by atoms with E-state index in [0.717, 1.165) is 9.35 Å². The molecule has 1 heterocycles. The summed E-state index contributed by atoms with van der Waals surface area (Å²) in [7, 11) is 0. The molecule has 80 valence electrons. The van der Waals surface area contributed by atoms with Gasteiger partial charge in [0.05, 0.1) is 14.7 Å². The van der Waals surface area contributed by atoms with Crippen molar-refractivity contribution in [3.8, 4) is 6.07 Å². The number of nitrogens with zero attached hydrogens (tertiary/aromatic N) is 1. The summed E-state index contributed by atoms with van der Waals surface area (Å²) in [4.78, 5) is 12.3. The Morgan fingerprint density at radius 1 is 1.80 bits per heavy atom. The summed E-state index contributed by atoms with van der Waals surface area (Å²) in [6.07, 6.45) is 0.619. The molecule has 0 bridgehead atoms. The highest BCUT2D eigenvalue weighted by Gasteiger charge is 2.14. The van der Waals surface area contributed by atoms with Crippen LogP contribution < -0.4 is 5.32 Å². The Kier molecular flexibility index (Phi) is 4.30. The lowest BCUT2D eigenvalue weighted by molar-refractivity contribution is 0.0948. The Hall–Kier alpha value is -0.860. The lowest BCUT2D eigenvalue weighted by Gasteiger charge is -2.06. The van der Waals surface area contributed by atoms with Crippen LogP contribution in [0.2, 0.25) is 0 Å². The molecule has 0 aromatic carbocycles. The highest BCUT2D eigenvalue weighted by molar-refractivity contribution is 9.11. The molecule has 3 nitrogen and oxygen atoms in total. The van der Waals surface area contributed by atoms with Gasteiger partial charge in [-0.1, -0.05) is 6.92 Å². The van der Waals surface area contributed by atoms with Crippen LogP contribution in [0, 0.1) is 18.3 Å². The molecule has 1 N–H and O–H groups in total. The van der Waals surface area contributed by atoms with E-state index < -0.39 is 6.04 Å². The first kappa shape index (κ1) is 12.2. The summed E-state index contributed by atoms with van der Waals surface area (Å²) in [6, 6.07) is 3.44. The van der Waals surface area contributed by atoms with Crippen molar-refractivity contribution in [3.63, 3.8) is 0 Å². The van der Waals surface area contributed by atoms with Crippen LogP contribution >= 0.6 is 27.3 Å². The number of carbonyl (C=O) groups excluding carboxylic acids is 1. The second kappa shape index (κ2) is 5.29. The number of hydrogen-bond donors (Lipinski definition) is 1. The van der Waals surface area contributed by atoms with Gasteiger partial charge < -0.3 is 5.32 Å². The zero-order chi connectivity index (χ0) is 11.4. The number of thiophene rings is 1. The summed E-state index contributed by atoms with van der Waals surface area (Å²) in [5.74, 6) is -0.179. The molecule has 0 fully saturated rings. The van der Waals surface area contributed by atoms with Crippen molar-refractivity contribution in [2.24, 2.45) is 0 Å². The number of aryl methyl sites for hydroxylation is 1. The van der Waals surface area contributed by atoms with Gasteiger partial charge in [0.25, 0.3) is 5.91 Å². The topological polar surface area (TPSA) is 52.9 Å². The van der Waals surface area contributed by atoms with Gasteiger partial charge in [0, 0.05) is 0 Å². The lowest BCUT2D eigenvalue weighted by atomic mass is 10.2. The van der Waals surface area contributed by atoms with Crippen LogP contribution in [0.1, 0.15) is 28.6 Å². The number of hydrogen-bond acceptors (Lipinski definition) is 3. The first-order valence-corrected chi connectivity index (χ1v) is 6.15. The van der Waals surface area contributed by atoms with Crippen molar-refractivity contribution >= 4 is 33.2 Å². The van der Waals surface area contributed by atoms with E-state index >= 15 is 0 Å². The standard InChI is InChI=1S/C10H11BrN2OS/c1-3-7(5-12)13-10(14)8-4-6(2)9(11)15-8/h4,7H,3H2,1-2H3,(H,13,14). The summed E-state index contributed by atoms with van der Waals surface area (Å²) < 4.78 is 0.956. The molecular weight excluding hydrogens is 276 g/mol. The van der Waals surface area contributed by atoms with Gasteiger partial charge in [-0.05, 0) is 40.9 Å². The van der Waals surface area contributed by atoms with Crippen molar-refractivity contribution in [2.45, 2.75) is 26.3 Å². The van der Waals surface area contributed by atoms with Crippen molar-refractivity contribution < 1.29 is 4.79 Å². The zero-order valence-corrected chi connectivity index (χ0v) is 10.9. The third kappa shape index (κ3) is 3.05. The maximum Gasteiger partial charge on any atom is 0.262 e. The van der Waals surface area contributed by atoms with Crippen LogP contribution in [0.5, 0.6) is 0 Å². The number of carbonyl (C=O) groups is 1. The average molecular weight is 287 g/mol. The highest BCUT2D eigenvalue weighted by Crippen LogP contribution is 2.27. The fourth-order valence-electron chi connectivity index (χ4n) is 1.03. The average Bonchev–Trinajstić information content (AvgIpc) is 2.55. The van der Waals surface area contributed by atoms with Crippen LogP contribution in [0.4, 0.5) is 0 Å². The fourth-order valence-corrected chi connectivity index (χ4v) is 2.46. The molecule has 1 aromatic rings. The smallest absolute Gasteiger partial charge is 0.262 e. The minimum Gasteiger partial charge on any atom is -0.336 e. The number of amides is 1. The maximum atomic E-state index is 11.7. The second-order valence-electron chi connectivity index (χ2n) is 3.13. The normalized spacial score (nSPS) is 11.9. The van der Waals surface area contributed by atoms with E-state index in [0.29, 0.717) is 11.3 Å². The molecule has 0 spiro atoms. The Labute approximate surface area is 101 Å². The number of rotatable bonds is 3. The Balaban J connectivity index is 2.74. The number of halogens is 1. The zero-order valence-electron chi connectivity index (χ0n) is 8.50. The Morgan fingerprint density at radius 2 is 2.47 bits per heavy atom. The lowest BCUT2D eigenvalue weighted by Crippen LogP contribution is -2.32. The number of nitrogens with one attached hydrogen (secondary N) is 1. The summed E-state index contributed by atoms with van der Waals surface area (Å²) in [5, 5.41) is 11.4. The SMILES string of the molecule is CCC(C#N)NC(=O)c1cc(C)c(Br)s1. The quantitative estimate of drug-likeness (QED) is 0.929. The predicted molar refractivity (Wildman–Crippen MR) is 63.9 cm³/mol. The molecule has 0 saturated heterocycles. The van der Waals surface area contributed by atoms with Crippen LogP contribution in [0.25, 0.3) is 0 Å². The van der Waals surface area contributed by atoms with Gasteiger partial charge in [-0.2, -0.15) is 5.26 Å². The van der Waals surface area contributed by atoms with Gasteiger partial charge in [-0.25, -0.2) is 0 Å². The molecule has 0 radical (unpaired) electrons. The third-order valence-electron chi connectivity index (χ3n) is 1.95. The Morgan fingerprint density at radius 3 is 2.87 bits per heavy atom. The van der Waals surface area contributed by atoms with Crippen LogP contribution in [-0.4, -0.2) is 11.9 Å². The summed E-state index contributed by atoms with van der Waals surface area (Å²) in [5.41, 5.74) is 1.04. The van der Waals surface area contributed by atoms with Gasteiger partial charge in [-0.3, -0.25) is 4.79 Å². The van der Waals surface area contributed by atoms with Gasteiger partial charge in [-0.15, -0.1) is 11.3 Å². The first-order chi connectivity index (χ1) is 7.08. The van der Waals surface area contributed by atoms with E-state index in [1.165, 1.54) is 11.3 Å².